The van der Waals surface area contributed by atoms with Crippen LogP contribution in [0, 0.1) is 5.82 Å². The van der Waals surface area contributed by atoms with E-state index in [2.05, 4.69) is 26.6 Å². The quantitative estimate of drug-likeness (QED) is 0.718. The molecule has 4 rings (SSSR count). The average molecular weight is 435 g/mol. The highest BCUT2D eigenvalue weighted by atomic mass is 79.9. The molecule has 7 heteroatoms. The Morgan fingerprint density at radius 1 is 1.04 bits per heavy atom. The number of hydrogen-bond acceptors (Lipinski definition) is 3. The van der Waals surface area contributed by atoms with Gasteiger partial charge in [-0.1, -0.05) is 25.0 Å². The molecule has 1 heterocycles. The number of nitrogens with one attached hydrogen (secondary N) is 2. The van der Waals surface area contributed by atoms with E-state index >= 15 is 0 Å². The molecular weight excluding hydrogens is 415 g/mol. The Morgan fingerprint density at radius 2 is 1.67 bits per heavy atom. The molecule has 0 aromatic heterocycles. The summed E-state index contributed by atoms with van der Waals surface area (Å²) in [6, 6.07) is 9.60. The lowest BCUT2D eigenvalue weighted by atomic mass is 9.88. The van der Waals surface area contributed by atoms with E-state index < -0.39 is 5.54 Å². The molecule has 2 amide bonds. The molecule has 0 bridgehead atoms. The number of rotatable bonds is 3. The van der Waals surface area contributed by atoms with Crippen molar-refractivity contribution in [3.63, 3.8) is 0 Å². The van der Waals surface area contributed by atoms with Crippen molar-refractivity contribution in [2.75, 3.05) is 18.5 Å². The fourth-order valence-corrected chi connectivity index (χ4v) is 4.19. The van der Waals surface area contributed by atoms with Crippen LogP contribution in [0.2, 0.25) is 0 Å². The number of halogens is 2. The summed E-state index contributed by atoms with van der Waals surface area (Å²) in [4.78, 5) is 12.7. The van der Waals surface area contributed by atoms with Gasteiger partial charge in [-0.25, -0.2) is 9.18 Å². The van der Waals surface area contributed by atoms with Crippen LogP contribution in [0.1, 0.15) is 31.2 Å². The van der Waals surface area contributed by atoms with Gasteiger partial charge in [0.2, 0.25) is 0 Å². The summed E-state index contributed by atoms with van der Waals surface area (Å²) in [5.41, 5.74) is 1.06. The molecule has 142 valence electrons. The van der Waals surface area contributed by atoms with Crippen molar-refractivity contribution in [1.29, 1.82) is 0 Å². The monoisotopic (exact) mass is 434 g/mol. The molecule has 0 spiro atoms. The van der Waals surface area contributed by atoms with E-state index in [1.54, 1.807) is 24.3 Å². The Morgan fingerprint density at radius 3 is 2.33 bits per heavy atom. The molecule has 27 heavy (non-hydrogen) atoms. The summed E-state index contributed by atoms with van der Waals surface area (Å²) in [7, 11) is 0. The molecule has 2 aromatic rings. The fraction of sp³-hybridized carbons (Fsp3) is 0.350. The summed E-state index contributed by atoms with van der Waals surface area (Å²) >= 11 is 3.46. The topological polar surface area (TPSA) is 59.6 Å². The van der Waals surface area contributed by atoms with Gasteiger partial charge in [-0.05, 0) is 46.5 Å². The largest absolute Gasteiger partial charge is 0.486 e. The van der Waals surface area contributed by atoms with Crippen molar-refractivity contribution in [2.45, 2.75) is 31.2 Å². The van der Waals surface area contributed by atoms with Crippen LogP contribution in [0.15, 0.2) is 40.9 Å². The predicted molar refractivity (Wildman–Crippen MR) is 104 cm³/mol. The van der Waals surface area contributed by atoms with Crippen LogP contribution in [-0.2, 0) is 5.54 Å². The van der Waals surface area contributed by atoms with Gasteiger partial charge >= 0.3 is 6.03 Å². The number of benzene rings is 2. The molecule has 1 aliphatic carbocycles. The van der Waals surface area contributed by atoms with Gasteiger partial charge in [0.15, 0.2) is 11.5 Å². The Labute approximate surface area is 165 Å². The summed E-state index contributed by atoms with van der Waals surface area (Å²) in [6.45, 7) is 0.987. The zero-order valence-electron chi connectivity index (χ0n) is 14.7. The van der Waals surface area contributed by atoms with Crippen molar-refractivity contribution < 1.29 is 18.7 Å². The maximum Gasteiger partial charge on any atom is 0.319 e. The molecule has 1 aliphatic heterocycles. The van der Waals surface area contributed by atoms with Crippen molar-refractivity contribution >= 4 is 27.6 Å². The minimum Gasteiger partial charge on any atom is -0.486 e. The van der Waals surface area contributed by atoms with Gasteiger partial charge in [0.25, 0.3) is 0 Å². The second-order valence-electron chi connectivity index (χ2n) is 6.85. The maximum atomic E-state index is 13.3. The Kier molecular flexibility index (Phi) is 4.95. The van der Waals surface area contributed by atoms with Crippen LogP contribution in [-0.4, -0.2) is 19.2 Å². The van der Waals surface area contributed by atoms with Crippen LogP contribution in [0.4, 0.5) is 14.9 Å². The maximum absolute atomic E-state index is 13.3. The number of hydrogen-bond donors (Lipinski definition) is 2. The molecule has 2 aromatic carbocycles. The summed E-state index contributed by atoms with van der Waals surface area (Å²) in [5, 5.41) is 6.01. The number of carbonyl (C=O) groups is 1. The Hall–Kier alpha value is -2.28. The van der Waals surface area contributed by atoms with E-state index in [4.69, 9.17) is 9.47 Å². The lowest BCUT2D eigenvalue weighted by Gasteiger charge is -2.31. The number of ether oxygens (including phenoxy) is 2. The highest BCUT2D eigenvalue weighted by Gasteiger charge is 2.37. The third kappa shape index (κ3) is 3.74. The lowest BCUT2D eigenvalue weighted by Crippen LogP contribution is -2.45. The lowest BCUT2D eigenvalue weighted by molar-refractivity contribution is 0.171. The first-order chi connectivity index (χ1) is 13.1. The van der Waals surface area contributed by atoms with Crippen molar-refractivity contribution in [2.24, 2.45) is 0 Å². The van der Waals surface area contributed by atoms with E-state index in [0.29, 0.717) is 34.9 Å². The van der Waals surface area contributed by atoms with Crippen LogP contribution >= 0.6 is 15.9 Å². The minimum atomic E-state index is -0.474. The molecule has 5 nitrogen and oxygen atoms in total. The molecule has 2 N–H and O–H groups in total. The van der Waals surface area contributed by atoms with Crippen LogP contribution in [0.3, 0.4) is 0 Å². The van der Waals surface area contributed by atoms with Crippen LogP contribution in [0.25, 0.3) is 0 Å². The van der Waals surface area contributed by atoms with Crippen LogP contribution in [0.5, 0.6) is 11.5 Å². The Balaban J connectivity index is 1.53. The Bertz CT molecular complexity index is 851. The highest BCUT2D eigenvalue weighted by Crippen LogP contribution is 2.40. The standard InChI is InChI=1S/C20H20BrFN2O3/c21-15-11-17-18(27-10-9-26-17)12-16(15)23-19(25)24-20(7-1-2-8-20)13-3-5-14(22)6-4-13/h3-6,11-12H,1-2,7-10H2,(H2,23,24,25). The van der Waals surface area contributed by atoms with Gasteiger partial charge in [-0.2, -0.15) is 0 Å². The molecule has 1 saturated carbocycles. The summed E-state index contributed by atoms with van der Waals surface area (Å²) < 4.78 is 25.1. The van der Waals surface area contributed by atoms with Gasteiger partial charge < -0.3 is 20.1 Å². The van der Waals surface area contributed by atoms with Crippen molar-refractivity contribution in [1.82, 2.24) is 5.32 Å². The first kappa shape index (κ1) is 18.1. The first-order valence-corrected chi connectivity index (χ1v) is 9.79. The van der Waals surface area contributed by atoms with Crippen LogP contribution < -0.4 is 20.1 Å². The summed E-state index contributed by atoms with van der Waals surface area (Å²) in [5.74, 6) is 0.975. The SMILES string of the molecule is O=C(Nc1cc2c(cc1Br)OCCO2)NC1(c2ccc(F)cc2)CCCC1. The van der Waals surface area contributed by atoms with E-state index in [9.17, 15) is 9.18 Å². The molecule has 0 unspecified atom stereocenters. The van der Waals surface area contributed by atoms with Crippen molar-refractivity contribution in [3.05, 3.63) is 52.3 Å². The van der Waals surface area contributed by atoms with Crippen molar-refractivity contribution in [3.8, 4) is 11.5 Å². The number of amides is 2. The number of urea groups is 1. The van der Waals surface area contributed by atoms with Gasteiger partial charge in [0.1, 0.15) is 19.0 Å². The van der Waals surface area contributed by atoms with Gasteiger partial charge in [0.05, 0.1) is 11.2 Å². The van der Waals surface area contributed by atoms with Gasteiger partial charge in [0, 0.05) is 16.6 Å². The number of carbonyl (C=O) groups excluding carboxylic acids is 1. The van der Waals surface area contributed by atoms with Gasteiger partial charge in [-0.3, -0.25) is 0 Å². The van der Waals surface area contributed by atoms with E-state index in [0.717, 1.165) is 31.2 Å². The van der Waals surface area contributed by atoms with E-state index in [-0.39, 0.29) is 11.8 Å². The second-order valence-corrected chi connectivity index (χ2v) is 7.71. The third-order valence-electron chi connectivity index (χ3n) is 5.09. The molecule has 0 saturated heterocycles. The molecule has 1 fully saturated rings. The fourth-order valence-electron chi connectivity index (χ4n) is 3.76. The first-order valence-electron chi connectivity index (χ1n) is 9.00. The minimum absolute atomic E-state index is 0.281. The summed E-state index contributed by atoms with van der Waals surface area (Å²) in [6.07, 6.45) is 3.69. The average Bonchev–Trinajstić information content (AvgIpc) is 3.12. The molecule has 2 aliphatic rings. The molecule has 0 radical (unpaired) electrons. The van der Waals surface area contributed by atoms with Gasteiger partial charge in [-0.15, -0.1) is 0 Å². The zero-order chi connectivity index (χ0) is 18.9. The molecule has 0 atom stereocenters. The normalized spacial score (nSPS) is 17.4. The highest BCUT2D eigenvalue weighted by molar-refractivity contribution is 9.10. The second kappa shape index (κ2) is 7.38. The molecular formula is C20H20BrFN2O3. The van der Waals surface area contributed by atoms with E-state index in [1.165, 1.54) is 12.1 Å². The smallest absolute Gasteiger partial charge is 0.319 e. The number of anilines is 1. The predicted octanol–water partition coefficient (Wildman–Crippen LogP) is 4.95. The number of fused-ring (bicyclic) bond motifs is 1. The third-order valence-corrected chi connectivity index (χ3v) is 5.74. The zero-order valence-corrected chi connectivity index (χ0v) is 16.3. The van der Waals surface area contributed by atoms with E-state index in [1.807, 2.05) is 0 Å².